The van der Waals surface area contributed by atoms with Crippen molar-refractivity contribution in [3.8, 4) is 0 Å². The number of fused-ring (bicyclic) bond motifs is 2. The van der Waals surface area contributed by atoms with Crippen molar-refractivity contribution in [1.29, 1.82) is 0 Å². The molecular weight excluding hydrogens is 356 g/mol. The van der Waals surface area contributed by atoms with E-state index in [9.17, 15) is 9.59 Å². The van der Waals surface area contributed by atoms with Crippen LogP contribution in [-0.4, -0.2) is 17.6 Å². The number of nitrogens with two attached hydrogens (primary N) is 1. The summed E-state index contributed by atoms with van der Waals surface area (Å²) in [6.07, 6.45) is 9.34. The Morgan fingerprint density at radius 3 is 2.82 bits per heavy atom. The van der Waals surface area contributed by atoms with Crippen molar-refractivity contribution in [3.63, 3.8) is 0 Å². The van der Waals surface area contributed by atoms with E-state index in [0.29, 0.717) is 16.9 Å². The van der Waals surface area contributed by atoms with Crippen LogP contribution in [-0.2, 0) is 4.74 Å². The fourth-order valence-electron chi connectivity index (χ4n) is 3.68. The number of carbonyl (C=O) groups excluding carboxylic acids is 1. The molecule has 4 rings (SSSR count). The number of carbonyl (C=O) groups is 1. The molecule has 0 atom stereocenters. The van der Waals surface area contributed by atoms with Crippen molar-refractivity contribution in [3.05, 3.63) is 51.7 Å². The third kappa shape index (κ3) is 3.38. The maximum atomic E-state index is 12.9. The molecule has 0 spiro atoms. The van der Waals surface area contributed by atoms with Gasteiger partial charge in [-0.1, -0.05) is 31.1 Å². The summed E-state index contributed by atoms with van der Waals surface area (Å²) in [6.45, 7) is 1.91. The van der Waals surface area contributed by atoms with Gasteiger partial charge in [0.1, 0.15) is 17.0 Å². The molecule has 0 radical (unpaired) electrons. The Morgan fingerprint density at radius 2 is 2.07 bits per heavy atom. The van der Waals surface area contributed by atoms with Crippen molar-refractivity contribution in [2.24, 2.45) is 5.92 Å². The quantitative estimate of drug-likeness (QED) is 0.537. The monoisotopic (exact) mass is 378 g/mol. The molecule has 2 N–H and O–H groups in total. The molecule has 1 aliphatic carbocycles. The van der Waals surface area contributed by atoms with Crippen LogP contribution in [0.15, 0.2) is 39.6 Å². The van der Waals surface area contributed by atoms with Gasteiger partial charge in [-0.2, -0.15) is 4.98 Å². The Kier molecular flexibility index (Phi) is 4.86. The van der Waals surface area contributed by atoms with Gasteiger partial charge in [-0.25, -0.2) is 4.79 Å². The largest absolute Gasteiger partial charge is 0.462 e. The van der Waals surface area contributed by atoms with Crippen LogP contribution in [0.1, 0.15) is 48.5 Å². The Hall–Kier alpha value is -3.15. The number of hydrogen-bond donors (Lipinski definition) is 1. The topological polar surface area (TPSA) is 95.4 Å². The molecule has 1 saturated carbocycles. The molecule has 0 saturated heterocycles. The Bertz CT molecular complexity index is 1140. The highest BCUT2D eigenvalue weighted by Crippen LogP contribution is 2.27. The molecule has 1 fully saturated rings. The van der Waals surface area contributed by atoms with Gasteiger partial charge in [0.15, 0.2) is 0 Å². The van der Waals surface area contributed by atoms with E-state index in [0.717, 1.165) is 5.56 Å². The predicted molar refractivity (Wildman–Crippen MR) is 109 cm³/mol. The summed E-state index contributed by atoms with van der Waals surface area (Å²) in [7, 11) is 0. The summed E-state index contributed by atoms with van der Waals surface area (Å²) >= 11 is 0. The van der Waals surface area contributed by atoms with E-state index in [1.165, 1.54) is 31.7 Å². The normalized spacial score (nSPS) is 15.0. The predicted octanol–water partition coefficient (Wildman–Crippen LogP) is 4.30. The molecule has 2 aromatic heterocycles. The van der Waals surface area contributed by atoms with Crippen LogP contribution in [0.25, 0.3) is 28.1 Å². The first-order valence-corrected chi connectivity index (χ1v) is 9.59. The first-order chi connectivity index (χ1) is 13.6. The van der Waals surface area contributed by atoms with Gasteiger partial charge >= 0.3 is 5.97 Å². The molecular formula is C22H22N2O4. The molecule has 0 unspecified atom stereocenters. The lowest BCUT2D eigenvalue weighted by Crippen LogP contribution is -2.12. The van der Waals surface area contributed by atoms with E-state index in [4.69, 9.17) is 14.9 Å². The second-order valence-electron chi connectivity index (χ2n) is 7.08. The van der Waals surface area contributed by atoms with Gasteiger partial charge in [-0.15, -0.1) is 0 Å². The maximum Gasteiger partial charge on any atom is 0.341 e. The SMILES string of the molecule is CCOC(=O)c1cc2c(=O)c3ccc(/C=C/C4CCCC4)cc3oc2nc1N. The minimum Gasteiger partial charge on any atom is -0.462 e. The zero-order valence-electron chi connectivity index (χ0n) is 15.7. The Morgan fingerprint density at radius 1 is 1.29 bits per heavy atom. The fraction of sp³-hybridized carbons (Fsp3) is 0.318. The zero-order valence-corrected chi connectivity index (χ0v) is 15.7. The average molecular weight is 378 g/mol. The molecule has 0 bridgehead atoms. The summed E-state index contributed by atoms with van der Waals surface area (Å²) < 4.78 is 10.8. The third-order valence-corrected chi connectivity index (χ3v) is 5.17. The molecule has 2 heterocycles. The van der Waals surface area contributed by atoms with Gasteiger partial charge in [0.25, 0.3) is 0 Å². The third-order valence-electron chi connectivity index (χ3n) is 5.17. The van der Waals surface area contributed by atoms with Gasteiger partial charge < -0.3 is 14.9 Å². The van der Waals surface area contributed by atoms with Crippen molar-refractivity contribution < 1.29 is 13.9 Å². The second-order valence-corrected chi connectivity index (χ2v) is 7.08. The first-order valence-electron chi connectivity index (χ1n) is 9.59. The Balaban J connectivity index is 1.79. The standard InChI is InChI=1S/C22H22N2O4/c1-2-27-22(26)17-12-16-19(25)15-10-9-14(8-7-13-5-3-4-6-13)11-18(15)28-21(16)24-20(17)23/h7-13H,2-6H2,1H3,(H2,23,24)/b8-7+. The number of esters is 1. The van der Waals surface area contributed by atoms with Gasteiger partial charge in [0.05, 0.1) is 17.4 Å². The zero-order chi connectivity index (χ0) is 19.7. The highest BCUT2D eigenvalue weighted by atomic mass is 16.5. The highest BCUT2D eigenvalue weighted by molar-refractivity contribution is 5.99. The molecule has 6 heteroatoms. The van der Waals surface area contributed by atoms with E-state index >= 15 is 0 Å². The number of ether oxygens (including phenoxy) is 1. The summed E-state index contributed by atoms with van der Waals surface area (Å²) in [5.74, 6) is -0.00546. The Labute approximate surface area is 162 Å². The second kappa shape index (κ2) is 7.46. The van der Waals surface area contributed by atoms with Crippen molar-refractivity contribution >= 4 is 39.9 Å². The number of nitrogen functional groups attached to an aromatic ring is 1. The van der Waals surface area contributed by atoms with E-state index in [1.807, 2.05) is 12.1 Å². The number of allylic oxidation sites excluding steroid dienone is 1. The lowest BCUT2D eigenvalue weighted by molar-refractivity contribution is 0.0527. The van der Waals surface area contributed by atoms with Crippen LogP contribution >= 0.6 is 0 Å². The number of anilines is 1. The van der Waals surface area contributed by atoms with Crippen LogP contribution in [0, 0.1) is 5.92 Å². The van der Waals surface area contributed by atoms with Crippen molar-refractivity contribution in [2.45, 2.75) is 32.6 Å². The van der Waals surface area contributed by atoms with Crippen LogP contribution in [0.4, 0.5) is 5.82 Å². The van der Waals surface area contributed by atoms with Crippen LogP contribution < -0.4 is 11.2 Å². The number of pyridine rings is 1. The van der Waals surface area contributed by atoms with E-state index in [2.05, 4.69) is 17.1 Å². The number of nitrogens with zero attached hydrogens (tertiary/aromatic N) is 1. The molecule has 1 aliphatic rings. The molecule has 28 heavy (non-hydrogen) atoms. The van der Waals surface area contributed by atoms with Crippen molar-refractivity contribution in [1.82, 2.24) is 4.98 Å². The molecule has 1 aromatic carbocycles. The molecule has 6 nitrogen and oxygen atoms in total. The first kappa shape index (κ1) is 18.2. The smallest absolute Gasteiger partial charge is 0.341 e. The van der Waals surface area contributed by atoms with Gasteiger partial charge in [-0.3, -0.25) is 4.79 Å². The molecule has 3 aromatic rings. The minimum absolute atomic E-state index is 0.0225. The van der Waals surface area contributed by atoms with E-state index in [1.54, 1.807) is 13.0 Å². The summed E-state index contributed by atoms with van der Waals surface area (Å²) in [4.78, 5) is 29.0. The van der Waals surface area contributed by atoms with Crippen LogP contribution in [0.2, 0.25) is 0 Å². The number of hydrogen-bond acceptors (Lipinski definition) is 6. The van der Waals surface area contributed by atoms with Crippen LogP contribution in [0.5, 0.6) is 0 Å². The average Bonchev–Trinajstić information content (AvgIpc) is 3.19. The van der Waals surface area contributed by atoms with Gasteiger partial charge in [-0.05, 0) is 49.4 Å². The number of aromatic nitrogens is 1. The molecule has 144 valence electrons. The summed E-state index contributed by atoms with van der Waals surface area (Å²) in [5, 5.41) is 0.644. The summed E-state index contributed by atoms with van der Waals surface area (Å²) in [5.41, 5.74) is 7.22. The van der Waals surface area contributed by atoms with Gasteiger partial charge in [0, 0.05) is 0 Å². The molecule has 0 amide bonds. The lowest BCUT2D eigenvalue weighted by Gasteiger charge is -2.07. The van der Waals surface area contributed by atoms with Crippen molar-refractivity contribution in [2.75, 3.05) is 12.3 Å². The van der Waals surface area contributed by atoms with E-state index < -0.39 is 5.97 Å². The minimum atomic E-state index is -0.610. The van der Waals surface area contributed by atoms with Crippen LogP contribution in [0.3, 0.4) is 0 Å². The maximum absolute atomic E-state index is 12.9. The number of benzene rings is 1. The van der Waals surface area contributed by atoms with E-state index in [-0.39, 0.29) is 34.5 Å². The fourth-order valence-corrected chi connectivity index (χ4v) is 3.68. The lowest BCUT2D eigenvalue weighted by atomic mass is 10.0. The highest BCUT2D eigenvalue weighted by Gasteiger charge is 2.18. The summed E-state index contributed by atoms with van der Waals surface area (Å²) in [6, 6.07) is 6.87. The van der Waals surface area contributed by atoms with Gasteiger partial charge in [0.2, 0.25) is 11.1 Å². The molecule has 0 aliphatic heterocycles. The number of rotatable bonds is 4.